The van der Waals surface area contributed by atoms with Crippen LogP contribution in [0, 0.1) is 0 Å². The molecule has 0 aliphatic rings. The summed E-state index contributed by atoms with van der Waals surface area (Å²) in [6.45, 7) is 0.299. The largest absolute Gasteiger partial charge is 0.487 e. The van der Waals surface area contributed by atoms with Crippen molar-refractivity contribution in [2.75, 3.05) is 0 Å². The van der Waals surface area contributed by atoms with Gasteiger partial charge in [0.15, 0.2) is 0 Å². The Bertz CT molecular complexity index is 611. The van der Waals surface area contributed by atoms with Crippen LogP contribution in [0.4, 0.5) is 0 Å². The van der Waals surface area contributed by atoms with Crippen LogP contribution in [0.3, 0.4) is 0 Å². The Morgan fingerprint density at radius 2 is 1.79 bits per heavy atom. The number of benzene rings is 2. The predicted molar refractivity (Wildman–Crippen MR) is 77.4 cm³/mol. The van der Waals surface area contributed by atoms with E-state index >= 15 is 0 Å². The lowest BCUT2D eigenvalue weighted by molar-refractivity contribution is 0.108. The van der Waals surface area contributed by atoms with Gasteiger partial charge < -0.3 is 4.74 Å². The highest BCUT2D eigenvalue weighted by atomic mass is 35.5. The zero-order chi connectivity index (χ0) is 13.8. The highest BCUT2D eigenvalue weighted by Gasteiger charge is 2.08. The number of rotatable bonds is 4. The minimum Gasteiger partial charge on any atom is -0.487 e. The van der Waals surface area contributed by atoms with Gasteiger partial charge in [0.25, 0.3) is 5.24 Å². The van der Waals surface area contributed by atoms with Crippen molar-refractivity contribution in [1.29, 1.82) is 0 Å². The maximum atomic E-state index is 11.0. The number of hydrogen-bond donors (Lipinski definition) is 0. The Balaban J connectivity index is 2.12. The first kappa shape index (κ1) is 14.2. The second kappa shape index (κ2) is 6.29. The van der Waals surface area contributed by atoms with Gasteiger partial charge in [-0.3, -0.25) is 4.79 Å². The molecule has 0 aromatic heterocycles. The first-order valence-electron chi connectivity index (χ1n) is 5.43. The fourth-order valence-corrected chi connectivity index (χ4v) is 2.05. The third-order valence-corrected chi connectivity index (χ3v) is 3.38. The molecule has 2 aromatic rings. The van der Waals surface area contributed by atoms with E-state index in [4.69, 9.17) is 39.5 Å². The third kappa shape index (κ3) is 3.63. The number of carbonyl (C=O) groups is 1. The molecule has 5 heteroatoms. The summed E-state index contributed by atoms with van der Waals surface area (Å²) in [5, 5.41) is 0.407. The van der Waals surface area contributed by atoms with Crippen LogP contribution in [0.2, 0.25) is 10.0 Å². The van der Waals surface area contributed by atoms with Crippen LogP contribution in [0.5, 0.6) is 5.75 Å². The van der Waals surface area contributed by atoms with Gasteiger partial charge in [0.2, 0.25) is 0 Å². The van der Waals surface area contributed by atoms with E-state index in [1.165, 1.54) is 6.07 Å². The van der Waals surface area contributed by atoms with Crippen LogP contribution >= 0.6 is 34.8 Å². The summed E-state index contributed by atoms with van der Waals surface area (Å²) in [6, 6.07) is 12.0. The van der Waals surface area contributed by atoms with E-state index in [1.54, 1.807) is 18.2 Å². The Morgan fingerprint density at radius 1 is 1.05 bits per heavy atom. The van der Waals surface area contributed by atoms with E-state index < -0.39 is 5.24 Å². The van der Waals surface area contributed by atoms with Gasteiger partial charge in [-0.2, -0.15) is 0 Å². The summed E-state index contributed by atoms with van der Waals surface area (Å²) in [5.74, 6) is 0.475. The summed E-state index contributed by atoms with van der Waals surface area (Å²) in [7, 11) is 0. The standard InChI is InChI=1S/C14H9Cl3O2/c15-11-4-2-1-3-10(11)8-19-13-6-5-9(14(17)18)7-12(13)16/h1-7H,8H2. The van der Waals surface area contributed by atoms with Gasteiger partial charge in [-0.15, -0.1) is 0 Å². The molecule has 0 atom stereocenters. The molecule has 2 aromatic carbocycles. The monoisotopic (exact) mass is 314 g/mol. The highest BCUT2D eigenvalue weighted by Crippen LogP contribution is 2.27. The fourth-order valence-electron chi connectivity index (χ4n) is 1.51. The molecule has 0 aliphatic heterocycles. The summed E-state index contributed by atoms with van der Waals surface area (Å²) >= 11 is 17.4. The third-order valence-electron chi connectivity index (χ3n) is 2.50. The first-order valence-corrected chi connectivity index (χ1v) is 6.57. The topological polar surface area (TPSA) is 26.3 Å². The quantitative estimate of drug-likeness (QED) is 0.746. The molecule has 0 saturated heterocycles. The molecule has 0 N–H and O–H groups in total. The fraction of sp³-hybridized carbons (Fsp3) is 0.0714. The maximum Gasteiger partial charge on any atom is 0.252 e. The van der Waals surface area contributed by atoms with E-state index in [0.29, 0.717) is 28.0 Å². The van der Waals surface area contributed by atoms with Gasteiger partial charge in [0.05, 0.1) is 5.02 Å². The van der Waals surface area contributed by atoms with Crippen molar-refractivity contribution < 1.29 is 9.53 Å². The summed E-state index contributed by atoms with van der Waals surface area (Å²) in [5.41, 5.74) is 1.19. The molecule has 2 nitrogen and oxygen atoms in total. The van der Waals surface area contributed by atoms with Crippen molar-refractivity contribution in [1.82, 2.24) is 0 Å². The summed E-state index contributed by atoms with van der Waals surface area (Å²) < 4.78 is 5.57. The second-order valence-electron chi connectivity index (χ2n) is 3.80. The van der Waals surface area contributed by atoms with E-state index in [-0.39, 0.29) is 0 Å². The smallest absolute Gasteiger partial charge is 0.252 e. The van der Waals surface area contributed by atoms with E-state index in [9.17, 15) is 4.79 Å². The normalized spacial score (nSPS) is 10.3. The van der Waals surface area contributed by atoms with Crippen molar-refractivity contribution in [2.24, 2.45) is 0 Å². The molecule has 98 valence electrons. The van der Waals surface area contributed by atoms with Crippen LogP contribution in [-0.4, -0.2) is 5.24 Å². The van der Waals surface area contributed by atoms with Gasteiger partial charge in [-0.05, 0) is 35.9 Å². The van der Waals surface area contributed by atoms with Crippen LogP contribution in [0.15, 0.2) is 42.5 Å². The Labute approximate surface area is 125 Å². The Morgan fingerprint density at radius 3 is 2.42 bits per heavy atom. The van der Waals surface area contributed by atoms with Gasteiger partial charge in [0.1, 0.15) is 12.4 Å². The van der Waals surface area contributed by atoms with Crippen molar-refractivity contribution >= 4 is 40.0 Å². The molecule has 19 heavy (non-hydrogen) atoms. The second-order valence-corrected chi connectivity index (χ2v) is 4.96. The summed E-state index contributed by atoms with van der Waals surface area (Å²) in [6.07, 6.45) is 0. The van der Waals surface area contributed by atoms with E-state index in [0.717, 1.165) is 5.56 Å². The molecule has 0 unspecified atom stereocenters. The van der Waals surface area contributed by atoms with Gasteiger partial charge >= 0.3 is 0 Å². The number of ether oxygens (including phenoxy) is 1. The minimum atomic E-state index is -0.556. The average molecular weight is 316 g/mol. The van der Waals surface area contributed by atoms with Crippen molar-refractivity contribution in [3.8, 4) is 5.75 Å². The van der Waals surface area contributed by atoms with Gasteiger partial charge in [-0.25, -0.2) is 0 Å². The zero-order valence-electron chi connectivity index (χ0n) is 9.70. The molecule has 0 aliphatic carbocycles. The lowest BCUT2D eigenvalue weighted by Gasteiger charge is -2.09. The summed E-state index contributed by atoms with van der Waals surface area (Å²) in [4.78, 5) is 11.0. The van der Waals surface area contributed by atoms with Gasteiger partial charge in [0, 0.05) is 16.1 Å². The van der Waals surface area contributed by atoms with E-state index in [2.05, 4.69) is 0 Å². The average Bonchev–Trinajstić information content (AvgIpc) is 2.39. The van der Waals surface area contributed by atoms with Crippen molar-refractivity contribution in [3.05, 3.63) is 63.6 Å². The van der Waals surface area contributed by atoms with E-state index in [1.807, 2.05) is 18.2 Å². The molecule has 0 fully saturated rings. The molecule has 0 amide bonds. The predicted octanol–water partition coefficient (Wildman–Crippen LogP) is 4.95. The van der Waals surface area contributed by atoms with Crippen molar-refractivity contribution in [3.63, 3.8) is 0 Å². The zero-order valence-corrected chi connectivity index (χ0v) is 12.0. The highest BCUT2D eigenvalue weighted by molar-refractivity contribution is 6.67. The minimum absolute atomic E-state index is 0.299. The molecular weight excluding hydrogens is 307 g/mol. The lowest BCUT2D eigenvalue weighted by atomic mass is 10.2. The molecular formula is C14H9Cl3O2. The SMILES string of the molecule is O=C(Cl)c1ccc(OCc2ccccc2Cl)c(Cl)c1. The van der Waals surface area contributed by atoms with Crippen LogP contribution < -0.4 is 4.74 Å². The lowest BCUT2D eigenvalue weighted by Crippen LogP contribution is -1.97. The van der Waals surface area contributed by atoms with Crippen LogP contribution in [-0.2, 0) is 6.61 Å². The molecule has 0 spiro atoms. The Hall–Kier alpha value is -1.22. The first-order chi connectivity index (χ1) is 9.08. The molecule has 0 saturated carbocycles. The number of hydrogen-bond acceptors (Lipinski definition) is 2. The molecule has 0 heterocycles. The molecule has 0 bridgehead atoms. The molecule has 0 radical (unpaired) electrons. The van der Waals surface area contributed by atoms with Crippen molar-refractivity contribution in [2.45, 2.75) is 6.61 Å². The van der Waals surface area contributed by atoms with Crippen LogP contribution in [0.1, 0.15) is 15.9 Å². The maximum absolute atomic E-state index is 11.0. The number of carbonyl (C=O) groups excluding carboxylic acids is 1. The Kier molecular flexibility index (Phi) is 4.70. The molecule has 2 rings (SSSR count). The van der Waals surface area contributed by atoms with Crippen LogP contribution in [0.25, 0.3) is 0 Å². The number of halogens is 3. The van der Waals surface area contributed by atoms with Gasteiger partial charge in [-0.1, -0.05) is 41.4 Å².